The summed E-state index contributed by atoms with van der Waals surface area (Å²) in [6.07, 6.45) is 4.00. The summed E-state index contributed by atoms with van der Waals surface area (Å²) in [4.78, 5) is 17.0. The number of amides is 1. The molecule has 0 atom stereocenters. The van der Waals surface area contributed by atoms with Crippen molar-refractivity contribution in [1.29, 1.82) is 0 Å². The first-order chi connectivity index (χ1) is 14.2. The van der Waals surface area contributed by atoms with Gasteiger partial charge in [0.1, 0.15) is 5.01 Å². The molecule has 0 saturated carbocycles. The molecule has 2 heterocycles. The van der Waals surface area contributed by atoms with Crippen LogP contribution in [-0.2, 0) is 24.3 Å². The molecule has 4 rings (SSSR count). The van der Waals surface area contributed by atoms with E-state index in [0.717, 1.165) is 33.9 Å². The maximum atomic E-state index is 12.4. The lowest BCUT2D eigenvalue weighted by Crippen LogP contribution is -2.24. The Morgan fingerprint density at radius 2 is 1.93 bits per heavy atom. The summed E-state index contributed by atoms with van der Waals surface area (Å²) in [6, 6.07) is 18.4. The quantitative estimate of drug-likeness (QED) is 0.503. The maximum absolute atomic E-state index is 12.4. The molecule has 0 fully saturated rings. The van der Waals surface area contributed by atoms with Gasteiger partial charge in [-0.3, -0.25) is 9.48 Å². The molecule has 0 radical (unpaired) electrons. The van der Waals surface area contributed by atoms with Crippen molar-refractivity contribution < 1.29 is 4.79 Å². The number of thiazole rings is 1. The highest BCUT2D eigenvalue weighted by molar-refractivity contribution is 7.13. The van der Waals surface area contributed by atoms with Gasteiger partial charge in [-0.1, -0.05) is 54.1 Å². The Labute approximate surface area is 174 Å². The molecule has 2 aromatic carbocycles. The minimum Gasteiger partial charge on any atom is -0.352 e. The number of hydrogen-bond acceptors (Lipinski definition) is 4. The van der Waals surface area contributed by atoms with E-state index in [1.165, 1.54) is 5.56 Å². The summed E-state index contributed by atoms with van der Waals surface area (Å²) in [6.45, 7) is 3.28. The van der Waals surface area contributed by atoms with E-state index in [1.807, 2.05) is 34.5 Å². The van der Waals surface area contributed by atoms with Gasteiger partial charge in [0.05, 0.1) is 18.7 Å². The van der Waals surface area contributed by atoms with E-state index in [0.29, 0.717) is 6.54 Å². The number of carbonyl (C=O) groups excluding carboxylic acids is 1. The molecule has 146 valence electrons. The second kappa shape index (κ2) is 8.84. The number of benzene rings is 2. The summed E-state index contributed by atoms with van der Waals surface area (Å²) in [5.41, 5.74) is 5.33. The van der Waals surface area contributed by atoms with Crippen molar-refractivity contribution in [2.24, 2.45) is 0 Å². The van der Waals surface area contributed by atoms with Crippen LogP contribution in [0.25, 0.3) is 10.6 Å². The van der Waals surface area contributed by atoms with E-state index in [2.05, 4.69) is 58.7 Å². The maximum Gasteiger partial charge on any atom is 0.226 e. The van der Waals surface area contributed by atoms with Crippen LogP contribution in [0.2, 0.25) is 0 Å². The van der Waals surface area contributed by atoms with Crippen LogP contribution in [-0.4, -0.2) is 20.7 Å². The number of aryl methyl sites for hydroxylation is 1. The van der Waals surface area contributed by atoms with Crippen LogP contribution in [0.3, 0.4) is 0 Å². The van der Waals surface area contributed by atoms with E-state index in [1.54, 1.807) is 17.5 Å². The molecule has 0 bridgehead atoms. The molecule has 6 heteroatoms. The number of rotatable bonds is 7. The minimum atomic E-state index is -0.0248. The van der Waals surface area contributed by atoms with E-state index in [9.17, 15) is 4.79 Å². The van der Waals surface area contributed by atoms with Crippen molar-refractivity contribution >= 4 is 17.2 Å². The lowest BCUT2D eigenvalue weighted by Gasteiger charge is -2.07. The molecule has 1 amide bonds. The minimum absolute atomic E-state index is 0.0248. The van der Waals surface area contributed by atoms with Gasteiger partial charge in [0.15, 0.2) is 0 Å². The van der Waals surface area contributed by atoms with Crippen molar-refractivity contribution in [3.8, 4) is 10.6 Å². The number of carbonyl (C=O) groups is 1. The fraction of sp³-hybridized carbons (Fsp3) is 0.174. The molecule has 2 aromatic heterocycles. The van der Waals surface area contributed by atoms with Crippen LogP contribution in [0.5, 0.6) is 0 Å². The lowest BCUT2D eigenvalue weighted by atomic mass is 10.1. The number of nitrogens with one attached hydrogen (secondary N) is 1. The fourth-order valence-corrected chi connectivity index (χ4v) is 3.89. The zero-order valence-electron chi connectivity index (χ0n) is 16.2. The molecule has 0 spiro atoms. The second-order valence-electron chi connectivity index (χ2n) is 6.99. The topological polar surface area (TPSA) is 59.8 Å². The van der Waals surface area contributed by atoms with Crippen LogP contribution >= 0.6 is 11.3 Å². The molecular formula is C23H22N4OS. The highest BCUT2D eigenvalue weighted by Crippen LogP contribution is 2.24. The Balaban J connectivity index is 1.32. The normalized spacial score (nSPS) is 10.8. The molecule has 0 saturated heterocycles. The monoisotopic (exact) mass is 402 g/mol. The van der Waals surface area contributed by atoms with Crippen LogP contribution in [0.4, 0.5) is 0 Å². The van der Waals surface area contributed by atoms with Crippen LogP contribution in [0.1, 0.15) is 22.4 Å². The molecule has 5 nitrogen and oxygen atoms in total. The van der Waals surface area contributed by atoms with Crippen LogP contribution in [0, 0.1) is 6.92 Å². The zero-order valence-corrected chi connectivity index (χ0v) is 17.0. The first-order valence-corrected chi connectivity index (χ1v) is 10.4. The van der Waals surface area contributed by atoms with E-state index in [4.69, 9.17) is 0 Å². The van der Waals surface area contributed by atoms with Gasteiger partial charge in [0, 0.05) is 29.9 Å². The highest BCUT2D eigenvalue weighted by atomic mass is 32.1. The largest absolute Gasteiger partial charge is 0.352 e. The van der Waals surface area contributed by atoms with Crippen molar-refractivity contribution in [3.05, 3.63) is 94.8 Å². The molecule has 0 aliphatic rings. The Morgan fingerprint density at radius 1 is 1.10 bits per heavy atom. The van der Waals surface area contributed by atoms with E-state index < -0.39 is 0 Å². The molecular weight excluding hydrogens is 380 g/mol. The average molecular weight is 403 g/mol. The van der Waals surface area contributed by atoms with Gasteiger partial charge in [-0.2, -0.15) is 5.10 Å². The SMILES string of the molecule is Cc1ccc(-c2nc(CC(=O)NCc3cccc(Cn4cccn4)c3)cs2)cc1. The standard InChI is InChI=1S/C23H22N4OS/c1-17-6-8-20(9-7-17)23-26-21(16-29-23)13-22(28)24-14-18-4-2-5-19(12-18)15-27-11-3-10-25-27/h2-12,16H,13-15H2,1H3,(H,24,28). The first kappa shape index (κ1) is 19.1. The van der Waals surface area contributed by atoms with Crippen LogP contribution in [0.15, 0.2) is 72.4 Å². The Bertz CT molecular complexity index is 1080. The Kier molecular flexibility index (Phi) is 5.81. The summed E-state index contributed by atoms with van der Waals surface area (Å²) in [7, 11) is 0. The summed E-state index contributed by atoms with van der Waals surface area (Å²) < 4.78 is 1.88. The molecule has 29 heavy (non-hydrogen) atoms. The van der Waals surface area contributed by atoms with Gasteiger partial charge < -0.3 is 5.32 Å². The third kappa shape index (κ3) is 5.18. The van der Waals surface area contributed by atoms with Gasteiger partial charge in [0.2, 0.25) is 5.91 Å². The van der Waals surface area contributed by atoms with Gasteiger partial charge in [-0.25, -0.2) is 4.98 Å². The number of aromatic nitrogens is 3. The van der Waals surface area contributed by atoms with Crippen molar-refractivity contribution in [2.75, 3.05) is 0 Å². The summed E-state index contributed by atoms with van der Waals surface area (Å²) in [5, 5.41) is 10.1. The number of nitrogens with zero attached hydrogens (tertiary/aromatic N) is 3. The smallest absolute Gasteiger partial charge is 0.226 e. The summed E-state index contributed by atoms with van der Waals surface area (Å²) >= 11 is 1.57. The molecule has 1 N–H and O–H groups in total. The average Bonchev–Trinajstić information content (AvgIpc) is 3.40. The van der Waals surface area contributed by atoms with Gasteiger partial charge in [-0.15, -0.1) is 11.3 Å². The lowest BCUT2D eigenvalue weighted by molar-refractivity contribution is -0.120. The Morgan fingerprint density at radius 3 is 2.72 bits per heavy atom. The Hall–Kier alpha value is -3.25. The van der Waals surface area contributed by atoms with E-state index in [-0.39, 0.29) is 12.3 Å². The van der Waals surface area contributed by atoms with Crippen molar-refractivity contribution in [2.45, 2.75) is 26.4 Å². The second-order valence-corrected chi connectivity index (χ2v) is 7.85. The van der Waals surface area contributed by atoms with Gasteiger partial charge in [0.25, 0.3) is 0 Å². The predicted octanol–water partition coefficient (Wildman–Crippen LogP) is 4.22. The van der Waals surface area contributed by atoms with Crippen molar-refractivity contribution in [3.63, 3.8) is 0 Å². The molecule has 0 aliphatic carbocycles. The van der Waals surface area contributed by atoms with Crippen molar-refractivity contribution in [1.82, 2.24) is 20.1 Å². The molecule has 0 unspecified atom stereocenters. The van der Waals surface area contributed by atoms with E-state index >= 15 is 0 Å². The highest BCUT2D eigenvalue weighted by Gasteiger charge is 2.09. The zero-order chi connectivity index (χ0) is 20.1. The summed E-state index contributed by atoms with van der Waals surface area (Å²) in [5.74, 6) is -0.0248. The van der Waals surface area contributed by atoms with Crippen LogP contribution < -0.4 is 5.32 Å². The third-order valence-corrected chi connectivity index (χ3v) is 5.52. The fourth-order valence-electron chi connectivity index (χ4n) is 3.06. The first-order valence-electron chi connectivity index (χ1n) is 9.49. The predicted molar refractivity (Wildman–Crippen MR) is 116 cm³/mol. The molecule has 4 aromatic rings. The van der Waals surface area contributed by atoms with Gasteiger partial charge >= 0.3 is 0 Å². The van der Waals surface area contributed by atoms with Gasteiger partial charge in [-0.05, 0) is 24.1 Å². The number of hydrogen-bond donors (Lipinski definition) is 1. The third-order valence-electron chi connectivity index (χ3n) is 4.58. The molecule has 0 aliphatic heterocycles.